The molecule has 2 heterocycles. The molecule has 0 radical (unpaired) electrons. The number of rotatable bonds is 4. The van der Waals surface area contributed by atoms with E-state index in [2.05, 4.69) is 22.2 Å². The molecule has 0 saturated carbocycles. The maximum atomic E-state index is 12.6. The molecule has 0 atom stereocenters. The van der Waals surface area contributed by atoms with Crippen LogP contribution < -0.4 is 10.2 Å². The van der Waals surface area contributed by atoms with E-state index in [0.717, 1.165) is 32.0 Å². The van der Waals surface area contributed by atoms with E-state index in [4.69, 9.17) is 0 Å². The summed E-state index contributed by atoms with van der Waals surface area (Å²) in [5.41, 5.74) is -0.878. The Morgan fingerprint density at radius 3 is 2.65 bits per heavy atom. The van der Waals surface area contributed by atoms with Crippen molar-refractivity contribution in [3.05, 3.63) is 18.0 Å². The first-order valence-electron chi connectivity index (χ1n) is 6.86. The van der Waals surface area contributed by atoms with E-state index in [1.807, 2.05) is 4.90 Å². The van der Waals surface area contributed by atoms with Crippen molar-refractivity contribution >= 4 is 5.95 Å². The first-order chi connectivity index (χ1) is 9.50. The fourth-order valence-electron chi connectivity index (χ4n) is 2.34. The predicted octanol–water partition coefficient (Wildman–Crippen LogP) is 2.32. The highest BCUT2D eigenvalue weighted by Crippen LogP contribution is 2.29. The van der Waals surface area contributed by atoms with Gasteiger partial charge in [-0.1, -0.05) is 6.92 Å². The number of piperidine rings is 1. The molecular weight excluding hydrogens is 269 g/mol. The molecule has 0 amide bonds. The van der Waals surface area contributed by atoms with Crippen LogP contribution in [0.1, 0.15) is 25.5 Å². The molecule has 1 saturated heterocycles. The van der Waals surface area contributed by atoms with Crippen molar-refractivity contribution < 1.29 is 13.2 Å². The van der Waals surface area contributed by atoms with Crippen molar-refractivity contribution in [1.29, 1.82) is 0 Å². The van der Waals surface area contributed by atoms with Gasteiger partial charge in [0.05, 0.1) is 0 Å². The predicted molar refractivity (Wildman–Crippen MR) is 70.5 cm³/mol. The third kappa shape index (κ3) is 3.82. The molecule has 7 heteroatoms. The lowest BCUT2D eigenvalue weighted by Gasteiger charge is -2.32. The summed E-state index contributed by atoms with van der Waals surface area (Å²) >= 11 is 0. The Kier molecular flexibility index (Phi) is 4.80. The van der Waals surface area contributed by atoms with Crippen LogP contribution in [0.4, 0.5) is 19.1 Å². The average Bonchev–Trinajstić information content (AvgIpc) is 2.45. The molecule has 1 aromatic rings. The summed E-state index contributed by atoms with van der Waals surface area (Å²) in [4.78, 5) is 9.42. The summed E-state index contributed by atoms with van der Waals surface area (Å²) in [5, 5.41) is 3.30. The van der Waals surface area contributed by atoms with E-state index in [1.54, 1.807) is 0 Å². The molecule has 1 aromatic heterocycles. The Morgan fingerprint density at radius 1 is 1.35 bits per heavy atom. The van der Waals surface area contributed by atoms with Gasteiger partial charge in [-0.25, -0.2) is 9.97 Å². The Morgan fingerprint density at radius 2 is 2.05 bits per heavy atom. The second kappa shape index (κ2) is 6.39. The van der Waals surface area contributed by atoms with E-state index in [0.29, 0.717) is 19.0 Å². The molecule has 1 fully saturated rings. The summed E-state index contributed by atoms with van der Waals surface area (Å²) < 4.78 is 37.9. The van der Waals surface area contributed by atoms with Gasteiger partial charge < -0.3 is 10.2 Å². The van der Waals surface area contributed by atoms with Gasteiger partial charge in [0.15, 0.2) is 0 Å². The van der Waals surface area contributed by atoms with Gasteiger partial charge in [0, 0.05) is 19.3 Å². The van der Waals surface area contributed by atoms with Crippen molar-refractivity contribution in [2.75, 3.05) is 31.1 Å². The highest BCUT2D eigenvalue weighted by Gasteiger charge is 2.33. The number of nitrogens with zero attached hydrogens (tertiary/aromatic N) is 3. The number of hydrogen-bond donors (Lipinski definition) is 1. The van der Waals surface area contributed by atoms with Crippen molar-refractivity contribution in [2.45, 2.75) is 25.9 Å². The normalized spacial score (nSPS) is 17.5. The van der Waals surface area contributed by atoms with Gasteiger partial charge in [-0.3, -0.25) is 0 Å². The maximum Gasteiger partial charge on any atom is 0.433 e. The van der Waals surface area contributed by atoms with Crippen molar-refractivity contribution in [2.24, 2.45) is 5.92 Å². The van der Waals surface area contributed by atoms with Crippen LogP contribution in [-0.2, 0) is 6.18 Å². The van der Waals surface area contributed by atoms with Gasteiger partial charge in [0.1, 0.15) is 5.69 Å². The first-order valence-corrected chi connectivity index (χ1v) is 6.86. The third-order valence-electron chi connectivity index (χ3n) is 3.51. The van der Waals surface area contributed by atoms with Crippen LogP contribution in [-0.4, -0.2) is 36.1 Å². The number of nitrogens with one attached hydrogen (secondary N) is 1. The van der Waals surface area contributed by atoms with Crippen LogP contribution in [0.5, 0.6) is 0 Å². The molecule has 1 N–H and O–H groups in total. The van der Waals surface area contributed by atoms with Gasteiger partial charge in [-0.2, -0.15) is 13.2 Å². The van der Waals surface area contributed by atoms with Crippen LogP contribution in [0, 0.1) is 5.92 Å². The zero-order valence-electron chi connectivity index (χ0n) is 11.5. The zero-order valence-corrected chi connectivity index (χ0v) is 11.5. The molecule has 0 spiro atoms. The second-order valence-electron chi connectivity index (χ2n) is 4.98. The summed E-state index contributed by atoms with van der Waals surface area (Å²) in [6, 6.07) is 0.904. The molecule has 0 unspecified atom stereocenters. The van der Waals surface area contributed by atoms with Crippen LogP contribution >= 0.6 is 0 Å². The Hall–Kier alpha value is -1.37. The van der Waals surface area contributed by atoms with E-state index >= 15 is 0 Å². The first kappa shape index (κ1) is 15.0. The van der Waals surface area contributed by atoms with E-state index < -0.39 is 11.9 Å². The van der Waals surface area contributed by atoms with Crippen LogP contribution in [0.3, 0.4) is 0 Å². The summed E-state index contributed by atoms with van der Waals surface area (Å²) in [5.74, 6) is 0.763. The monoisotopic (exact) mass is 288 g/mol. The lowest BCUT2D eigenvalue weighted by Crippen LogP contribution is -2.38. The quantitative estimate of drug-likeness (QED) is 0.923. The molecule has 4 nitrogen and oxygen atoms in total. The SMILES string of the molecule is CCNCC1CCN(c2nccc(C(F)(F)F)n2)CC1. The van der Waals surface area contributed by atoms with E-state index in [-0.39, 0.29) is 5.95 Å². The molecular formula is C13H19F3N4. The Bertz CT molecular complexity index is 428. The summed E-state index contributed by atoms with van der Waals surface area (Å²) in [6.45, 7) is 5.38. The van der Waals surface area contributed by atoms with Gasteiger partial charge in [0.25, 0.3) is 0 Å². The third-order valence-corrected chi connectivity index (χ3v) is 3.51. The molecule has 2 rings (SSSR count). The highest BCUT2D eigenvalue weighted by atomic mass is 19.4. The van der Waals surface area contributed by atoms with Crippen LogP contribution in [0.15, 0.2) is 12.3 Å². The lowest BCUT2D eigenvalue weighted by molar-refractivity contribution is -0.141. The molecule has 20 heavy (non-hydrogen) atoms. The van der Waals surface area contributed by atoms with Gasteiger partial charge in [-0.05, 0) is 37.9 Å². The molecule has 1 aliphatic rings. The number of alkyl halides is 3. The van der Waals surface area contributed by atoms with Gasteiger partial charge in [0.2, 0.25) is 5.95 Å². The van der Waals surface area contributed by atoms with Crippen molar-refractivity contribution in [1.82, 2.24) is 15.3 Å². The largest absolute Gasteiger partial charge is 0.433 e. The zero-order chi connectivity index (χ0) is 14.6. The van der Waals surface area contributed by atoms with Crippen molar-refractivity contribution in [3.8, 4) is 0 Å². The minimum absolute atomic E-state index is 0.182. The topological polar surface area (TPSA) is 41.0 Å². The van der Waals surface area contributed by atoms with Gasteiger partial charge in [-0.15, -0.1) is 0 Å². The lowest BCUT2D eigenvalue weighted by atomic mass is 9.97. The van der Waals surface area contributed by atoms with Crippen LogP contribution in [0.2, 0.25) is 0 Å². The number of anilines is 1. The number of aromatic nitrogens is 2. The number of halogens is 3. The fourth-order valence-corrected chi connectivity index (χ4v) is 2.34. The van der Waals surface area contributed by atoms with Crippen molar-refractivity contribution in [3.63, 3.8) is 0 Å². The smallest absolute Gasteiger partial charge is 0.341 e. The van der Waals surface area contributed by atoms with E-state index in [9.17, 15) is 13.2 Å². The molecule has 112 valence electrons. The van der Waals surface area contributed by atoms with Crippen LogP contribution in [0.25, 0.3) is 0 Å². The second-order valence-corrected chi connectivity index (χ2v) is 4.98. The maximum absolute atomic E-state index is 12.6. The molecule has 0 aliphatic carbocycles. The average molecular weight is 288 g/mol. The minimum Gasteiger partial charge on any atom is -0.341 e. The standard InChI is InChI=1S/C13H19F3N4/c1-2-17-9-10-4-7-20(8-5-10)12-18-6-3-11(19-12)13(14,15)16/h3,6,10,17H,2,4-5,7-9H2,1H3. The summed E-state index contributed by atoms with van der Waals surface area (Å²) in [7, 11) is 0. The number of hydrogen-bond acceptors (Lipinski definition) is 4. The van der Waals surface area contributed by atoms with E-state index in [1.165, 1.54) is 6.20 Å². The molecule has 0 bridgehead atoms. The highest BCUT2D eigenvalue weighted by molar-refractivity contribution is 5.31. The Balaban J connectivity index is 1.97. The van der Waals surface area contributed by atoms with Gasteiger partial charge >= 0.3 is 6.18 Å². The molecule has 1 aliphatic heterocycles. The summed E-state index contributed by atoms with van der Waals surface area (Å²) in [6.07, 6.45) is -1.34. The Labute approximate surface area is 116 Å². The minimum atomic E-state index is -4.42. The molecule has 0 aromatic carbocycles. The fraction of sp³-hybridized carbons (Fsp3) is 0.692.